The first-order chi connectivity index (χ1) is 9.27. The first-order valence-electron chi connectivity index (χ1n) is 7.86. The van der Waals surface area contributed by atoms with Gasteiger partial charge in [0.15, 0.2) is 0 Å². The lowest BCUT2D eigenvalue weighted by molar-refractivity contribution is -0.137. The van der Waals surface area contributed by atoms with E-state index in [1.165, 1.54) is 25.7 Å². The van der Waals surface area contributed by atoms with Crippen LogP contribution in [-0.4, -0.2) is 35.8 Å². The van der Waals surface area contributed by atoms with Crippen LogP contribution in [0.4, 0.5) is 0 Å². The van der Waals surface area contributed by atoms with Gasteiger partial charge in [0.05, 0.1) is 0 Å². The van der Waals surface area contributed by atoms with Gasteiger partial charge in [0.25, 0.3) is 0 Å². The quantitative estimate of drug-likeness (QED) is 0.859. The van der Waals surface area contributed by atoms with E-state index in [2.05, 4.69) is 12.2 Å². The number of amides is 2. The summed E-state index contributed by atoms with van der Waals surface area (Å²) in [6.07, 6.45) is 5.25. The van der Waals surface area contributed by atoms with Crippen LogP contribution in [-0.2, 0) is 9.59 Å². The van der Waals surface area contributed by atoms with Crippen LogP contribution in [0.1, 0.15) is 59.8 Å². The highest BCUT2D eigenvalue weighted by atomic mass is 16.2. The predicted molar refractivity (Wildman–Crippen MR) is 79.2 cm³/mol. The van der Waals surface area contributed by atoms with Crippen molar-refractivity contribution in [3.05, 3.63) is 0 Å². The first-order valence-corrected chi connectivity index (χ1v) is 7.86. The molecule has 0 aromatic carbocycles. The highest BCUT2D eigenvalue weighted by Gasteiger charge is 2.46. The Kier molecular flexibility index (Phi) is 4.12. The summed E-state index contributed by atoms with van der Waals surface area (Å²) in [7, 11) is 0. The number of hydrogen-bond donors (Lipinski definition) is 1. The molecule has 0 bridgehead atoms. The van der Waals surface area contributed by atoms with Crippen molar-refractivity contribution in [3.63, 3.8) is 0 Å². The summed E-state index contributed by atoms with van der Waals surface area (Å²) in [5.41, 5.74) is 0.108. The number of nitrogens with one attached hydrogen (secondary N) is 1. The molecule has 1 saturated heterocycles. The second-order valence-corrected chi connectivity index (χ2v) is 7.63. The second-order valence-electron chi connectivity index (χ2n) is 7.63. The Morgan fingerprint density at radius 3 is 2.45 bits per heavy atom. The van der Waals surface area contributed by atoms with Gasteiger partial charge in [-0.05, 0) is 30.1 Å². The average molecular weight is 280 g/mol. The number of rotatable bonds is 4. The molecule has 0 aromatic rings. The third kappa shape index (κ3) is 3.33. The molecule has 114 valence electrons. The van der Waals surface area contributed by atoms with Crippen LogP contribution in [0.3, 0.4) is 0 Å². The zero-order chi connectivity index (χ0) is 15.0. The van der Waals surface area contributed by atoms with Gasteiger partial charge in [-0.2, -0.15) is 0 Å². The zero-order valence-corrected chi connectivity index (χ0v) is 13.3. The molecule has 0 spiro atoms. The van der Waals surface area contributed by atoms with E-state index in [-0.39, 0.29) is 17.2 Å². The van der Waals surface area contributed by atoms with Gasteiger partial charge in [-0.1, -0.05) is 34.1 Å². The molecule has 1 atom stereocenters. The zero-order valence-electron chi connectivity index (χ0n) is 13.3. The van der Waals surface area contributed by atoms with E-state index in [1.54, 1.807) is 0 Å². The fourth-order valence-electron chi connectivity index (χ4n) is 3.17. The molecule has 0 aromatic heterocycles. The molecule has 1 N–H and O–H groups in total. The van der Waals surface area contributed by atoms with Crippen LogP contribution in [0.25, 0.3) is 0 Å². The molecule has 1 unspecified atom stereocenters. The lowest BCUT2D eigenvalue weighted by Crippen LogP contribution is -2.52. The third-order valence-corrected chi connectivity index (χ3v) is 4.60. The number of hydrogen-bond acceptors (Lipinski definition) is 2. The number of carbonyl (C=O) groups excluding carboxylic acids is 2. The van der Waals surface area contributed by atoms with E-state index in [9.17, 15) is 9.59 Å². The van der Waals surface area contributed by atoms with Crippen molar-refractivity contribution in [2.45, 2.75) is 65.8 Å². The minimum absolute atomic E-state index is 0.00103. The van der Waals surface area contributed by atoms with Crippen molar-refractivity contribution in [2.24, 2.45) is 10.8 Å². The standard InChI is InChI=1S/C16H28N2O2/c1-5-7-16(8-9-16)11-18-10-6-12(19)17-13(14(18)20)15(2,3)4/h13H,5-11H2,1-4H3,(H,17,19). The van der Waals surface area contributed by atoms with Crippen LogP contribution in [0, 0.1) is 10.8 Å². The van der Waals surface area contributed by atoms with Crippen LogP contribution in [0.5, 0.6) is 0 Å². The Morgan fingerprint density at radius 1 is 1.30 bits per heavy atom. The molecular formula is C16H28N2O2. The highest BCUT2D eigenvalue weighted by Crippen LogP contribution is 2.50. The molecule has 0 radical (unpaired) electrons. The second kappa shape index (κ2) is 5.38. The SMILES string of the molecule is CCCC1(CN2CCC(=O)NC(C(C)(C)C)C2=O)CC1. The normalized spacial score (nSPS) is 26.2. The van der Waals surface area contributed by atoms with Gasteiger partial charge in [-0.25, -0.2) is 0 Å². The highest BCUT2D eigenvalue weighted by molar-refractivity contribution is 5.90. The van der Waals surface area contributed by atoms with Crippen molar-refractivity contribution < 1.29 is 9.59 Å². The van der Waals surface area contributed by atoms with Crippen molar-refractivity contribution >= 4 is 11.8 Å². The van der Waals surface area contributed by atoms with Gasteiger partial charge in [-0.15, -0.1) is 0 Å². The number of carbonyl (C=O) groups is 2. The molecule has 1 heterocycles. The van der Waals surface area contributed by atoms with E-state index in [0.29, 0.717) is 18.4 Å². The van der Waals surface area contributed by atoms with Gasteiger partial charge in [0.2, 0.25) is 11.8 Å². The Labute approximate surface area is 122 Å². The summed E-state index contributed by atoms with van der Waals surface area (Å²) in [6, 6.07) is -0.394. The molecule has 2 aliphatic rings. The summed E-state index contributed by atoms with van der Waals surface area (Å²) in [5.74, 6) is 0.104. The van der Waals surface area contributed by atoms with Crippen molar-refractivity contribution in [1.29, 1.82) is 0 Å². The van der Waals surface area contributed by atoms with Gasteiger partial charge in [-0.3, -0.25) is 9.59 Å². The molecule has 1 saturated carbocycles. The maximum atomic E-state index is 12.8. The maximum absolute atomic E-state index is 12.8. The third-order valence-electron chi connectivity index (χ3n) is 4.60. The van der Waals surface area contributed by atoms with E-state index in [1.807, 2.05) is 25.7 Å². The lowest BCUT2D eigenvalue weighted by atomic mass is 9.85. The summed E-state index contributed by atoms with van der Waals surface area (Å²) >= 11 is 0. The molecular weight excluding hydrogens is 252 g/mol. The fraction of sp³-hybridized carbons (Fsp3) is 0.875. The lowest BCUT2D eigenvalue weighted by Gasteiger charge is -2.34. The molecule has 1 aliphatic heterocycles. The summed E-state index contributed by atoms with van der Waals surface area (Å²) in [5, 5.41) is 2.91. The van der Waals surface area contributed by atoms with Gasteiger partial charge in [0.1, 0.15) is 6.04 Å². The smallest absolute Gasteiger partial charge is 0.245 e. The van der Waals surface area contributed by atoms with Gasteiger partial charge >= 0.3 is 0 Å². The molecule has 4 nitrogen and oxygen atoms in total. The van der Waals surface area contributed by atoms with Crippen LogP contribution >= 0.6 is 0 Å². The number of nitrogens with zero attached hydrogens (tertiary/aromatic N) is 1. The first kappa shape index (κ1) is 15.3. The molecule has 2 rings (SSSR count). The molecule has 20 heavy (non-hydrogen) atoms. The van der Waals surface area contributed by atoms with E-state index in [4.69, 9.17) is 0 Å². The monoisotopic (exact) mass is 280 g/mol. The molecule has 4 heteroatoms. The van der Waals surface area contributed by atoms with Crippen LogP contribution < -0.4 is 5.32 Å². The van der Waals surface area contributed by atoms with E-state index >= 15 is 0 Å². The van der Waals surface area contributed by atoms with Gasteiger partial charge < -0.3 is 10.2 Å². The van der Waals surface area contributed by atoms with Crippen molar-refractivity contribution in [2.75, 3.05) is 13.1 Å². The van der Waals surface area contributed by atoms with Crippen LogP contribution in [0.15, 0.2) is 0 Å². The van der Waals surface area contributed by atoms with Crippen molar-refractivity contribution in [3.8, 4) is 0 Å². The van der Waals surface area contributed by atoms with Crippen molar-refractivity contribution in [1.82, 2.24) is 10.2 Å². The largest absolute Gasteiger partial charge is 0.344 e. The Balaban J connectivity index is 2.12. The summed E-state index contributed by atoms with van der Waals surface area (Å²) < 4.78 is 0. The summed E-state index contributed by atoms with van der Waals surface area (Å²) in [6.45, 7) is 9.64. The van der Waals surface area contributed by atoms with Gasteiger partial charge in [0, 0.05) is 19.5 Å². The Morgan fingerprint density at radius 2 is 1.95 bits per heavy atom. The Hall–Kier alpha value is -1.06. The van der Waals surface area contributed by atoms with Crippen LogP contribution in [0.2, 0.25) is 0 Å². The minimum Gasteiger partial charge on any atom is -0.344 e. The molecule has 1 aliphatic carbocycles. The predicted octanol–water partition coefficient (Wildman–Crippen LogP) is 2.33. The topological polar surface area (TPSA) is 49.4 Å². The molecule has 2 fully saturated rings. The maximum Gasteiger partial charge on any atom is 0.245 e. The van der Waals surface area contributed by atoms with E-state index in [0.717, 1.165) is 6.54 Å². The fourth-order valence-corrected chi connectivity index (χ4v) is 3.17. The van der Waals surface area contributed by atoms with E-state index < -0.39 is 6.04 Å². The Bertz CT molecular complexity index is 394. The average Bonchev–Trinajstić information content (AvgIpc) is 3.10. The molecule has 2 amide bonds. The summed E-state index contributed by atoms with van der Waals surface area (Å²) in [4.78, 5) is 26.5. The minimum atomic E-state index is -0.394.